The van der Waals surface area contributed by atoms with E-state index in [4.69, 9.17) is 0 Å². The van der Waals surface area contributed by atoms with Crippen molar-refractivity contribution in [1.29, 1.82) is 0 Å². The van der Waals surface area contributed by atoms with Gasteiger partial charge < -0.3 is 9.47 Å². The molecule has 0 bridgehead atoms. The van der Waals surface area contributed by atoms with Crippen LogP contribution in [0.4, 0.5) is 0 Å². The molecule has 132 valence electrons. The van der Waals surface area contributed by atoms with Gasteiger partial charge in [-0.1, -0.05) is 73.2 Å². The fraction of sp³-hybridized carbons (Fsp3) is 0.667. The molecule has 0 amide bonds. The fourth-order valence-corrected chi connectivity index (χ4v) is 2.55. The van der Waals surface area contributed by atoms with Crippen LogP contribution in [-0.2, 0) is 19.1 Å². The number of allylic oxidation sites excluding steroid dienone is 3. The van der Waals surface area contributed by atoms with Crippen LogP contribution in [0.3, 0.4) is 0 Å². The molecule has 0 saturated carbocycles. The van der Waals surface area contributed by atoms with Gasteiger partial charge in [-0.3, -0.25) is 9.59 Å². The number of hydrogen-bond acceptors (Lipinski definition) is 4. The number of methoxy groups -OCH3 is 2. The average molecular weight is 389 g/mol. The van der Waals surface area contributed by atoms with Crippen molar-refractivity contribution in [1.82, 2.24) is 0 Å². The average Bonchev–Trinajstić information content (AvgIpc) is 2.58. The zero-order chi connectivity index (χ0) is 17.5. The summed E-state index contributed by atoms with van der Waals surface area (Å²) in [5, 5.41) is 0. The lowest BCUT2D eigenvalue weighted by molar-refractivity contribution is -0.159. The molecule has 0 radical (unpaired) electrons. The summed E-state index contributed by atoms with van der Waals surface area (Å²) in [6.45, 7) is 3.69. The summed E-state index contributed by atoms with van der Waals surface area (Å²) < 4.78 is 10.3. The minimum atomic E-state index is -0.778. The van der Waals surface area contributed by atoms with E-state index >= 15 is 0 Å². The lowest BCUT2D eigenvalue weighted by Gasteiger charge is -2.11. The van der Waals surface area contributed by atoms with Gasteiger partial charge in [-0.15, -0.1) is 0 Å². The van der Waals surface area contributed by atoms with Gasteiger partial charge in [0, 0.05) is 4.48 Å². The summed E-state index contributed by atoms with van der Waals surface area (Å²) in [6.07, 6.45) is 13.3. The molecule has 0 aromatic heterocycles. The molecular formula is C18H29BrO4. The number of carbonyl (C=O) groups is 2. The largest absolute Gasteiger partial charge is 0.468 e. The van der Waals surface area contributed by atoms with Crippen molar-refractivity contribution in [2.45, 2.75) is 57.8 Å². The van der Waals surface area contributed by atoms with Crippen LogP contribution in [0, 0.1) is 5.92 Å². The molecule has 0 aliphatic rings. The fourth-order valence-electron chi connectivity index (χ4n) is 2.32. The maximum absolute atomic E-state index is 11.5. The van der Waals surface area contributed by atoms with Gasteiger partial charge in [0.2, 0.25) is 0 Å². The first kappa shape index (κ1) is 21.9. The van der Waals surface area contributed by atoms with E-state index in [9.17, 15) is 9.59 Å². The topological polar surface area (TPSA) is 52.6 Å². The van der Waals surface area contributed by atoms with Crippen molar-refractivity contribution < 1.29 is 19.1 Å². The molecule has 0 aromatic rings. The highest BCUT2D eigenvalue weighted by atomic mass is 79.9. The van der Waals surface area contributed by atoms with E-state index in [0.29, 0.717) is 6.42 Å². The van der Waals surface area contributed by atoms with Gasteiger partial charge in [0.25, 0.3) is 0 Å². The number of halogens is 1. The normalized spacial score (nSPS) is 11.4. The van der Waals surface area contributed by atoms with Crippen LogP contribution in [0.15, 0.2) is 23.2 Å². The quantitative estimate of drug-likeness (QED) is 0.194. The minimum Gasteiger partial charge on any atom is -0.468 e. The Morgan fingerprint density at radius 3 is 1.91 bits per heavy atom. The van der Waals surface area contributed by atoms with E-state index in [2.05, 4.69) is 38.1 Å². The standard InChI is InChI=1S/C18H29BrO4/c1-4-15(19)13-11-9-7-5-6-8-10-12-14-16(17(20)22-2)18(21)23-3/h4,13,16H,1,5-12,14H2,2-3H3/b15-13-. The van der Waals surface area contributed by atoms with Crippen molar-refractivity contribution in [2.24, 2.45) is 5.92 Å². The number of hydrogen-bond donors (Lipinski definition) is 0. The Labute approximate surface area is 148 Å². The van der Waals surface area contributed by atoms with E-state index < -0.39 is 17.9 Å². The molecule has 23 heavy (non-hydrogen) atoms. The van der Waals surface area contributed by atoms with Gasteiger partial charge >= 0.3 is 11.9 Å². The number of unbranched alkanes of at least 4 members (excludes halogenated alkanes) is 7. The van der Waals surface area contributed by atoms with Gasteiger partial charge in [-0.05, 0) is 19.3 Å². The Hall–Kier alpha value is -1.10. The van der Waals surface area contributed by atoms with Gasteiger partial charge in [-0.25, -0.2) is 0 Å². The molecule has 0 N–H and O–H groups in total. The zero-order valence-corrected chi connectivity index (χ0v) is 15.9. The molecule has 0 rings (SSSR count). The molecule has 0 atom stereocenters. The molecule has 4 nitrogen and oxygen atoms in total. The summed E-state index contributed by atoms with van der Waals surface area (Å²) in [5.74, 6) is -1.79. The van der Waals surface area contributed by atoms with Crippen LogP contribution in [0.1, 0.15) is 57.8 Å². The maximum atomic E-state index is 11.5. The van der Waals surface area contributed by atoms with Gasteiger partial charge in [-0.2, -0.15) is 0 Å². The third-order valence-electron chi connectivity index (χ3n) is 3.70. The molecule has 0 aliphatic carbocycles. The number of rotatable bonds is 13. The highest BCUT2D eigenvalue weighted by Gasteiger charge is 2.27. The number of esters is 2. The third-order valence-corrected chi connectivity index (χ3v) is 4.35. The third kappa shape index (κ3) is 11.1. The van der Waals surface area contributed by atoms with Crippen LogP contribution >= 0.6 is 15.9 Å². The zero-order valence-electron chi connectivity index (χ0n) is 14.3. The Bertz CT molecular complexity index is 374. The van der Waals surface area contributed by atoms with E-state index in [0.717, 1.165) is 30.2 Å². The lowest BCUT2D eigenvalue weighted by Crippen LogP contribution is -2.26. The second-order valence-corrected chi connectivity index (χ2v) is 6.36. The number of ether oxygens (including phenoxy) is 2. The summed E-state index contributed by atoms with van der Waals surface area (Å²) in [6, 6.07) is 0. The first-order chi connectivity index (χ1) is 11.1. The first-order valence-corrected chi connectivity index (χ1v) is 8.99. The maximum Gasteiger partial charge on any atom is 0.320 e. The molecule has 0 saturated heterocycles. The summed E-state index contributed by atoms with van der Waals surface area (Å²) in [7, 11) is 2.59. The van der Waals surface area contributed by atoms with Crippen molar-refractivity contribution in [2.75, 3.05) is 14.2 Å². The van der Waals surface area contributed by atoms with Crippen LogP contribution in [0.25, 0.3) is 0 Å². The van der Waals surface area contributed by atoms with Crippen LogP contribution in [0.2, 0.25) is 0 Å². The predicted molar refractivity (Wildman–Crippen MR) is 96.3 cm³/mol. The number of carbonyl (C=O) groups excluding carboxylic acids is 2. The van der Waals surface area contributed by atoms with E-state index in [1.165, 1.54) is 39.9 Å². The van der Waals surface area contributed by atoms with Gasteiger partial charge in [0.1, 0.15) is 0 Å². The van der Waals surface area contributed by atoms with Crippen molar-refractivity contribution in [3.05, 3.63) is 23.2 Å². The molecule has 0 unspecified atom stereocenters. The predicted octanol–water partition coefficient (Wildman–Crippen LogP) is 4.92. The minimum absolute atomic E-state index is 0.500. The summed E-state index contributed by atoms with van der Waals surface area (Å²) >= 11 is 3.41. The van der Waals surface area contributed by atoms with Gasteiger partial charge in [0.15, 0.2) is 5.92 Å². The second kappa shape index (κ2) is 14.5. The Morgan fingerprint density at radius 2 is 1.43 bits per heavy atom. The van der Waals surface area contributed by atoms with Crippen molar-refractivity contribution >= 4 is 27.9 Å². The van der Waals surface area contributed by atoms with Crippen LogP contribution < -0.4 is 0 Å². The van der Waals surface area contributed by atoms with E-state index in [1.807, 2.05) is 0 Å². The van der Waals surface area contributed by atoms with Crippen LogP contribution in [-0.4, -0.2) is 26.2 Å². The Balaban J connectivity index is 3.66. The van der Waals surface area contributed by atoms with Crippen molar-refractivity contribution in [3.63, 3.8) is 0 Å². The first-order valence-electron chi connectivity index (χ1n) is 8.20. The molecule has 0 spiro atoms. The smallest absolute Gasteiger partial charge is 0.320 e. The second-order valence-electron chi connectivity index (χ2n) is 5.44. The summed E-state index contributed by atoms with van der Waals surface area (Å²) in [5.41, 5.74) is 0. The van der Waals surface area contributed by atoms with Crippen molar-refractivity contribution in [3.8, 4) is 0 Å². The van der Waals surface area contributed by atoms with E-state index in [-0.39, 0.29) is 0 Å². The molecule has 0 aromatic carbocycles. The SMILES string of the molecule is C=C/C(Br)=C/CCCCCCCCCC(C(=O)OC)C(=O)OC. The highest BCUT2D eigenvalue weighted by Crippen LogP contribution is 2.16. The monoisotopic (exact) mass is 388 g/mol. The Morgan fingerprint density at radius 1 is 0.957 bits per heavy atom. The lowest BCUT2D eigenvalue weighted by atomic mass is 10.00. The molecule has 0 aliphatic heterocycles. The van der Waals surface area contributed by atoms with Gasteiger partial charge in [0.05, 0.1) is 14.2 Å². The molecular weight excluding hydrogens is 360 g/mol. The van der Waals surface area contributed by atoms with Crippen LogP contribution in [0.5, 0.6) is 0 Å². The molecule has 0 fully saturated rings. The molecule has 0 heterocycles. The highest BCUT2D eigenvalue weighted by molar-refractivity contribution is 9.11. The summed E-state index contributed by atoms with van der Waals surface area (Å²) in [4.78, 5) is 23.0. The van der Waals surface area contributed by atoms with E-state index in [1.54, 1.807) is 6.08 Å². The molecule has 5 heteroatoms. The Kier molecular flexibility index (Phi) is 13.8.